The molecule has 2 aromatic carbocycles. The number of nitrogens with one attached hydrogen (secondary N) is 2. The average molecular weight is 441 g/mol. The fourth-order valence-electron chi connectivity index (χ4n) is 2.20. The molecule has 1 amide bonds. The number of anilines is 1. The van der Waals surface area contributed by atoms with Gasteiger partial charge < -0.3 is 10.1 Å². The topological polar surface area (TPSA) is 84.5 Å². The summed E-state index contributed by atoms with van der Waals surface area (Å²) in [4.78, 5) is 12.7. The highest BCUT2D eigenvalue weighted by Crippen LogP contribution is 2.24. The summed E-state index contributed by atoms with van der Waals surface area (Å²) in [5, 5.41) is 2.75. The zero-order valence-electron chi connectivity index (χ0n) is 14.6. The summed E-state index contributed by atoms with van der Waals surface area (Å²) in [7, 11) is -3.53. The van der Waals surface area contributed by atoms with Gasteiger partial charge in [-0.25, -0.2) is 13.1 Å². The number of sulfonamides is 1. The van der Waals surface area contributed by atoms with Crippen molar-refractivity contribution in [1.82, 2.24) is 4.72 Å². The maximum absolute atomic E-state index is 12.5. The van der Waals surface area contributed by atoms with E-state index in [1.165, 1.54) is 12.1 Å². The maximum atomic E-state index is 12.5. The van der Waals surface area contributed by atoms with Gasteiger partial charge in [-0.2, -0.15) is 0 Å². The summed E-state index contributed by atoms with van der Waals surface area (Å²) in [5.41, 5.74) is 0.884. The Morgan fingerprint density at radius 1 is 1.12 bits per heavy atom. The van der Waals surface area contributed by atoms with Crippen molar-refractivity contribution in [2.75, 3.05) is 18.5 Å². The Bertz CT molecular complexity index is 867. The lowest BCUT2D eigenvalue weighted by Gasteiger charge is -2.12. The van der Waals surface area contributed by atoms with Crippen molar-refractivity contribution in [1.29, 1.82) is 0 Å². The van der Waals surface area contributed by atoms with Crippen LogP contribution in [0.25, 0.3) is 0 Å². The molecule has 0 atom stereocenters. The van der Waals surface area contributed by atoms with Gasteiger partial charge in [0.25, 0.3) is 5.91 Å². The number of hydrogen-bond acceptors (Lipinski definition) is 4. The lowest BCUT2D eigenvalue weighted by atomic mass is 10.2. The number of halogens is 1. The molecule has 0 fully saturated rings. The molecule has 0 saturated carbocycles. The molecule has 6 nitrogen and oxygen atoms in total. The van der Waals surface area contributed by atoms with Gasteiger partial charge in [0.2, 0.25) is 10.0 Å². The summed E-state index contributed by atoms with van der Waals surface area (Å²) in [6.45, 7) is 4.55. The molecular formula is C18H21BrN2O4S. The van der Waals surface area contributed by atoms with Crippen LogP contribution in [-0.4, -0.2) is 27.5 Å². The first-order chi connectivity index (χ1) is 12.4. The van der Waals surface area contributed by atoms with Gasteiger partial charge in [-0.15, -0.1) is 0 Å². The second-order valence-corrected chi connectivity index (χ2v) is 8.13. The molecule has 0 bridgehead atoms. The van der Waals surface area contributed by atoms with Crippen molar-refractivity contribution < 1.29 is 17.9 Å². The van der Waals surface area contributed by atoms with Crippen LogP contribution in [-0.2, 0) is 10.0 Å². The van der Waals surface area contributed by atoms with Crippen molar-refractivity contribution >= 4 is 37.5 Å². The van der Waals surface area contributed by atoms with Crippen LogP contribution in [0.1, 0.15) is 30.6 Å². The smallest absolute Gasteiger partial charge is 0.259 e. The minimum absolute atomic E-state index is 0.154. The molecule has 0 heterocycles. The van der Waals surface area contributed by atoms with E-state index in [2.05, 4.69) is 26.0 Å². The van der Waals surface area contributed by atoms with Crippen LogP contribution in [0.2, 0.25) is 0 Å². The Hall–Kier alpha value is -1.90. The summed E-state index contributed by atoms with van der Waals surface area (Å²) >= 11 is 3.34. The van der Waals surface area contributed by atoms with E-state index >= 15 is 0 Å². The summed E-state index contributed by atoms with van der Waals surface area (Å²) in [5.74, 6) is 0.144. The van der Waals surface area contributed by atoms with E-state index in [-0.39, 0.29) is 10.8 Å². The van der Waals surface area contributed by atoms with Gasteiger partial charge >= 0.3 is 0 Å². The second-order valence-electron chi connectivity index (χ2n) is 5.45. The molecule has 0 aromatic heterocycles. The largest absolute Gasteiger partial charge is 0.493 e. The summed E-state index contributed by atoms with van der Waals surface area (Å²) < 4.78 is 32.9. The molecule has 26 heavy (non-hydrogen) atoms. The molecule has 0 spiro atoms. The maximum Gasteiger partial charge on any atom is 0.259 e. The zero-order chi connectivity index (χ0) is 19.2. The zero-order valence-corrected chi connectivity index (χ0v) is 17.0. The number of benzene rings is 2. The Labute approximate surface area is 162 Å². The normalized spacial score (nSPS) is 11.2. The standard InChI is InChI=1S/C18H21BrN2O4S/c1-3-11-20-26(23,24)15-8-6-14(7-9-15)21-18(22)16-12-13(19)5-10-17(16)25-4-2/h5-10,12,20H,3-4,11H2,1-2H3,(H,21,22). The van der Waals surface area contributed by atoms with Gasteiger partial charge in [0.05, 0.1) is 17.1 Å². The fraction of sp³-hybridized carbons (Fsp3) is 0.278. The number of rotatable bonds is 8. The Morgan fingerprint density at radius 2 is 1.81 bits per heavy atom. The number of amides is 1. The minimum Gasteiger partial charge on any atom is -0.493 e. The van der Waals surface area contributed by atoms with Crippen LogP contribution in [0.15, 0.2) is 51.8 Å². The quantitative estimate of drug-likeness (QED) is 0.653. The van der Waals surface area contributed by atoms with E-state index < -0.39 is 10.0 Å². The fourth-order valence-corrected chi connectivity index (χ4v) is 3.69. The van der Waals surface area contributed by atoms with Gasteiger partial charge in [0.15, 0.2) is 0 Å². The van der Waals surface area contributed by atoms with Crippen LogP contribution in [0, 0.1) is 0 Å². The Balaban J connectivity index is 2.17. The van der Waals surface area contributed by atoms with Crippen molar-refractivity contribution in [2.45, 2.75) is 25.2 Å². The number of ether oxygens (including phenoxy) is 1. The Morgan fingerprint density at radius 3 is 2.42 bits per heavy atom. The molecule has 8 heteroatoms. The molecule has 2 N–H and O–H groups in total. The highest BCUT2D eigenvalue weighted by atomic mass is 79.9. The molecule has 0 aliphatic carbocycles. The van der Waals surface area contributed by atoms with E-state index in [0.717, 1.165) is 4.47 Å². The third-order valence-electron chi connectivity index (χ3n) is 3.45. The van der Waals surface area contributed by atoms with Crippen molar-refractivity contribution in [3.63, 3.8) is 0 Å². The first-order valence-electron chi connectivity index (χ1n) is 8.20. The summed E-state index contributed by atoms with van der Waals surface area (Å²) in [6, 6.07) is 11.2. The monoisotopic (exact) mass is 440 g/mol. The van der Waals surface area contributed by atoms with Crippen LogP contribution in [0.4, 0.5) is 5.69 Å². The van der Waals surface area contributed by atoms with Crippen LogP contribution < -0.4 is 14.8 Å². The lowest BCUT2D eigenvalue weighted by molar-refractivity contribution is 0.102. The first-order valence-corrected chi connectivity index (χ1v) is 10.5. The highest BCUT2D eigenvalue weighted by molar-refractivity contribution is 9.10. The molecule has 0 aliphatic heterocycles. The second kappa shape index (κ2) is 9.16. The van der Waals surface area contributed by atoms with Crippen molar-refractivity contribution in [3.8, 4) is 5.75 Å². The van der Waals surface area contributed by atoms with E-state index in [4.69, 9.17) is 4.74 Å². The SMILES string of the molecule is CCCNS(=O)(=O)c1ccc(NC(=O)c2cc(Br)ccc2OCC)cc1. The predicted molar refractivity (Wildman–Crippen MR) is 105 cm³/mol. The molecule has 2 aromatic rings. The van der Waals surface area contributed by atoms with Crippen LogP contribution in [0.3, 0.4) is 0 Å². The molecule has 140 valence electrons. The molecule has 0 saturated heterocycles. The van der Waals surface area contributed by atoms with E-state index in [1.54, 1.807) is 30.3 Å². The minimum atomic E-state index is -3.53. The van der Waals surface area contributed by atoms with Gasteiger partial charge in [0.1, 0.15) is 5.75 Å². The molecule has 0 radical (unpaired) electrons. The van der Waals surface area contributed by atoms with E-state index in [0.29, 0.717) is 36.6 Å². The highest BCUT2D eigenvalue weighted by Gasteiger charge is 2.15. The number of carbonyl (C=O) groups excluding carboxylic acids is 1. The van der Waals surface area contributed by atoms with E-state index in [9.17, 15) is 13.2 Å². The van der Waals surface area contributed by atoms with Crippen LogP contribution >= 0.6 is 15.9 Å². The molecule has 0 aliphatic rings. The molecular weight excluding hydrogens is 420 g/mol. The van der Waals surface area contributed by atoms with E-state index in [1.807, 2.05) is 13.8 Å². The summed E-state index contributed by atoms with van der Waals surface area (Å²) in [6.07, 6.45) is 0.710. The van der Waals surface area contributed by atoms with Gasteiger partial charge in [-0.1, -0.05) is 22.9 Å². The molecule has 0 unspecified atom stereocenters. The lowest BCUT2D eigenvalue weighted by Crippen LogP contribution is -2.24. The predicted octanol–water partition coefficient (Wildman–Crippen LogP) is 3.79. The van der Waals surface area contributed by atoms with Crippen molar-refractivity contribution in [3.05, 3.63) is 52.5 Å². The third-order valence-corrected chi connectivity index (χ3v) is 5.42. The first kappa shape index (κ1) is 20.4. The average Bonchev–Trinajstić information content (AvgIpc) is 2.62. The van der Waals surface area contributed by atoms with Crippen molar-refractivity contribution in [2.24, 2.45) is 0 Å². The van der Waals surface area contributed by atoms with Gasteiger partial charge in [-0.3, -0.25) is 4.79 Å². The molecule has 2 rings (SSSR count). The number of carbonyl (C=O) groups is 1. The van der Waals surface area contributed by atoms with Gasteiger partial charge in [0, 0.05) is 16.7 Å². The Kier molecular flexibility index (Phi) is 7.19. The third kappa shape index (κ3) is 5.30. The van der Waals surface area contributed by atoms with Crippen LogP contribution in [0.5, 0.6) is 5.75 Å². The van der Waals surface area contributed by atoms with Gasteiger partial charge in [-0.05, 0) is 55.8 Å². The number of hydrogen-bond donors (Lipinski definition) is 2.